The van der Waals surface area contributed by atoms with E-state index in [9.17, 15) is 9.90 Å². The second kappa shape index (κ2) is 4.37. The molecule has 1 fully saturated rings. The van der Waals surface area contributed by atoms with E-state index in [1.165, 1.54) is 0 Å². The molecule has 3 N–H and O–H groups in total. The Morgan fingerprint density at radius 1 is 1.41 bits per heavy atom. The Morgan fingerprint density at radius 3 is 2.71 bits per heavy atom. The first-order chi connectivity index (χ1) is 7.99. The number of hydrogen-bond donors (Lipinski definition) is 2. The van der Waals surface area contributed by atoms with Crippen molar-refractivity contribution in [2.75, 3.05) is 18.8 Å². The number of amides is 1. The molecule has 1 aromatic carbocycles. The van der Waals surface area contributed by atoms with Gasteiger partial charge in [-0.1, -0.05) is 6.07 Å². The summed E-state index contributed by atoms with van der Waals surface area (Å²) in [6.07, 6.45) is 0.272. The summed E-state index contributed by atoms with van der Waals surface area (Å²) in [6, 6.07) is 3.66. The van der Waals surface area contributed by atoms with Gasteiger partial charge < -0.3 is 15.7 Å². The molecule has 0 bridgehead atoms. The van der Waals surface area contributed by atoms with Crippen LogP contribution in [-0.4, -0.2) is 35.1 Å². The summed E-state index contributed by atoms with van der Waals surface area (Å²) in [6.45, 7) is 4.88. The lowest BCUT2D eigenvalue weighted by Gasteiger charge is -2.17. The molecule has 0 aliphatic carbocycles. The Morgan fingerprint density at radius 2 is 2.12 bits per heavy atom. The predicted molar refractivity (Wildman–Crippen MR) is 66.9 cm³/mol. The van der Waals surface area contributed by atoms with Crippen molar-refractivity contribution >= 4 is 11.6 Å². The van der Waals surface area contributed by atoms with E-state index in [1.807, 2.05) is 19.9 Å². The van der Waals surface area contributed by atoms with Crippen molar-refractivity contribution < 1.29 is 9.90 Å². The summed E-state index contributed by atoms with van der Waals surface area (Å²) in [4.78, 5) is 13.9. The molecule has 0 aromatic heterocycles. The second-order valence-corrected chi connectivity index (χ2v) is 4.72. The van der Waals surface area contributed by atoms with Gasteiger partial charge in [0.25, 0.3) is 5.91 Å². The van der Waals surface area contributed by atoms with Crippen molar-refractivity contribution in [2.24, 2.45) is 0 Å². The molecule has 1 aliphatic heterocycles. The lowest BCUT2D eigenvalue weighted by molar-refractivity contribution is 0.0764. The number of hydrogen-bond acceptors (Lipinski definition) is 3. The van der Waals surface area contributed by atoms with Gasteiger partial charge >= 0.3 is 0 Å². The number of likely N-dealkylation sites (tertiary alicyclic amines) is 1. The van der Waals surface area contributed by atoms with E-state index in [1.54, 1.807) is 11.0 Å². The number of benzene rings is 1. The zero-order valence-electron chi connectivity index (χ0n) is 10.2. The van der Waals surface area contributed by atoms with E-state index in [0.29, 0.717) is 30.8 Å². The third-order valence-electron chi connectivity index (χ3n) is 3.29. The van der Waals surface area contributed by atoms with Gasteiger partial charge in [-0.15, -0.1) is 0 Å². The largest absolute Gasteiger partial charge is 0.398 e. The third-order valence-corrected chi connectivity index (χ3v) is 3.29. The highest BCUT2D eigenvalue weighted by Gasteiger charge is 2.26. The van der Waals surface area contributed by atoms with E-state index in [4.69, 9.17) is 5.73 Å². The molecule has 1 saturated heterocycles. The summed E-state index contributed by atoms with van der Waals surface area (Å²) >= 11 is 0. The van der Waals surface area contributed by atoms with Crippen LogP contribution in [0.1, 0.15) is 27.9 Å². The second-order valence-electron chi connectivity index (χ2n) is 4.72. The van der Waals surface area contributed by atoms with Gasteiger partial charge in [-0.25, -0.2) is 0 Å². The molecule has 1 atom stereocenters. The van der Waals surface area contributed by atoms with Crippen LogP contribution >= 0.6 is 0 Å². The van der Waals surface area contributed by atoms with Gasteiger partial charge in [0.2, 0.25) is 0 Å². The monoisotopic (exact) mass is 234 g/mol. The number of carbonyl (C=O) groups excluding carboxylic acids is 1. The molecule has 0 saturated carbocycles. The average molecular weight is 234 g/mol. The van der Waals surface area contributed by atoms with Crippen molar-refractivity contribution in [3.8, 4) is 0 Å². The molecule has 1 aromatic rings. The Bertz CT molecular complexity index is 457. The van der Waals surface area contributed by atoms with Gasteiger partial charge in [-0.3, -0.25) is 4.79 Å². The van der Waals surface area contributed by atoms with Crippen molar-refractivity contribution in [1.29, 1.82) is 0 Å². The van der Waals surface area contributed by atoms with Crippen LogP contribution < -0.4 is 5.73 Å². The number of aryl methyl sites for hydroxylation is 2. The van der Waals surface area contributed by atoms with Crippen LogP contribution in [0.3, 0.4) is 0 Å². The lowest BCUT2D eigenvalue weighted by atomic mass is 10.0. The molecule has 1 aliphatic rings. The standard InChI is InChI=1S/C13H18N2O2/c1-8-5-9(2)12(14)6-11(8)13(17)15-4-3-10(16)7-15/h5-6,10,16H,3-4,7,14H2,1-2H3/t10-/m1/s1. The maximum atomic E-state index is 12.2. The van der Waals surface area contributed by atoms with Gasteiger partial charge in [0, 0.05) is 24.3 Å². The van der Waals surface area contributed by atoms with E-state index >= 15 is 0 Å². The van der Waals surface area contributed by atoms with E-state index in [2.05, 4.69) is 0 Å². The number of carbonyl (C=O) groups is 1. The van der Waals surface area contributed by atoms with Crippen molar-refractivity contribution in [1.82, 2.24) is 4.90 Å². The average Bonchev–Trinajstić information content (AvgIpc) is 2.69. The molecular weight excluding hydrogens is 216 g/mol. The Labute approximate surface area is 101 Å². The fourth-order valence-electron chi connectivity index (χ4n) is 2.20. The first kappa shape index (κ1) is 11.9. The molecule has 1 amide bonds. The third kappa shape index (κ3) is 2.26. The van der Waals surface area contributed by atoms with Crippen LogP contribution in [0.15, 0.2) is 12.1 Å². The van der Waals surface area contributed by atoms with E-state index < -0.39 is 0 Å². The number of aliphatic hydroxyl groups is 1. The number of rotatable bonds is 1. The Kier molecular flexibility index (Phi) is 3.07. The first-order valence-corrected chi connectivity index (χ1v) is 5.83. The quantitative estimate of drug-likeness (QED) is 0.715. The van der Waals surface area contributed by atoms with Crippen LogP contribution in [0.4, 0.5) is 5.69 Å². The van der Waals surface area contributed by atoms with Crippen molar-refractivity contribution in [3.63, 3.8) is 0 Å². The number of nitrogens with zero attached hydrogens (tertiary/aromatic N) is 1. The highest BCUT2D eigenvalue weighted by Crippen LogP contribution is 2.21. The van der Waals surface area contributed by atoms with E-state index in [-0.39, 0.29) is 12.0 Å². The zero-order chi connectivity index (χ0) is 12.6. The fraction of sp³-hybridized carbons (Fsp3) is 0.462. The molecular formula is C13H18N2O2. The smallest absolute Gasteiger partial charge is 0.254 e. The molecule has 17 heavy (non-hydrogen) atoms. The summed E-state index contributed by atoms with van der Waals surface area (Å²) < 4.78 is 0. The van der Waals surface area contributed by atoms with Crippen LogP contribution in [0.25, 0.3) is 0 Å². The van der Waals surface area contributed by atoms with Crippen LogP contribution in [-0.2, 0) is 0 Å². The molecule has 0 unspecified atom stereocenters. The zero-order valence-corrected chi connectivity index (χ0v) is 10.2. The van der Waals surface area contributed by atoms with Crippen LogP contribution in [0.2, 0.25) is 0 Å². The molecule has 0 radical (unpaired) electrons. The SMILES string of the molecule is Cc1cc(C)c(C(=O)N2CC[C@@H](O)C2)cc1N. The normalized spacial score (nSPS) is 19.7. The number of aliphatic hydroxyl groups excluding tert-OH is 1. The van der Waals surface area contributed by atoms with Gasteiger partial charge in [0.05, 0.1) is 6.10 Å². The van der Waals surface area contributed by atoms with Gasteiger partial charge in [-0.2, -0.15) is 0 Å². The molecule has 4 nitrogen and oxygen atoms in total. The number of anilines is 1. The maximum Gasteiger partial charge on any atom is 0.254 e. The summed E-state index contributed by atoms with van der Waals surface area (Å²) in [5, 5.41) is 9.44. The number of β-amino-alcohol motifs (C(OH)–C–C–N with tert-alkyl or cyclic N) is 1. The summed E-state index contributed by atoms with van der Waals surface area (Å²) in [5.74, 6) is -0.0363. The van der Waals surface area contributed by atoms with Crippen LogP contribution in [0, 0.1) is 13.8 Å². The molecule has 4 heteroatoms. The van der Waals surface area contributed by atoms with Crippen molar-refractivity contribution in [3.05, 3.63) is 28.8 Å². The number of nitrogen functional groups attached to an aromatic ring is 1. The summed E-state index contributed by atoms with van der Waals surface area (Å²) in [7, 11) is 0. The van der Waals surface area contributed by atoms with Gasteiger partial charge in [0.1, 0.15) is 0 Å². The number of nitrogens with two attached hydrogens (primary N) is 1. The predicted octanol–water partition coefficient (Wildman–Crippen LogP) is 1.09. The lowest BCUT2D eigenvalue weighted by Crippen LogP contribution is -2.30. The molecule has 0 spiro atoms. The molecule has 92 valence electrons. The minimum absolute atomic E-state index is 0.0363. The highest BCUT2D eigenvalue weighted by molar-refractivity contribution is 5.97. The van der Waals surface area contributed by atoms with Gasteiger partial charge in [-0.05, 0) is 37.5 Å². The Hall–Kier alpha value is -1.55. The van der Waals surface area contributed by atoms with E-state index in [0.717, 1.165) is 11.1 Å². The molecule has 2 rings (SSSR count). The minimum Gasteiger partial charge on any atom is -0.398 e. The topological polar surface area (TPSA) is 66.6 Å². The maximum absolute atomic E-state index is 12.2. The van der Waals surface area contributed by atoms with Gasteiger partial charge in [0.15, 0.2) is 0 Å². The first-order valence-electron chi connectivity index (χ1n) is 5.83. The fourth-order valence-corrected chi connectivity index (χ4v) is 2.20. The molecule has 1 heterocycles. The van der Waals surface area contributed by atoms with Crippen molar-refractivity contribution in [2.45, 2.75) is 26.4 Å². The highest BCUT2D eigenvalue weighted by atomic mass is 16.3. The Balaban J connectivity index is 2.28. The minimum atomic E-state index is -0.387. The summed E-state index contributed by atoms with van der Waals surface area (Å²) in [5.41, 5.74) is 9.03. The van der Waals surface area contributed by atoms with Crippen LogP contribution in [0.5, 0.6) is 0 Å².